The lowest BCUT2D eigenvalue weighted by molar-refractivity contribution is 1.57. The van der Waals surface area contributed by atoms with Gasteiger partial charge in [-0.3, -0.25) is 0 Å². The lowest BCUT2D eigenvalue weighted by Crippen LogP contribution is -2.75. The minimum absolute atomic E-state index is 1.16. The van der Waals surface area contributed by atoms with Gasteiger partial charge in [0.2, 0.25) is 0 Å². The molecule has 0 amide bonds. The van der Waals surface area contributed by atoms with Crippen LogP contribution < -0.4 is 21.9 Å². The number of rotatable bonds is 12. The van der Waals surface area contributed by atoms with Crippen molar-refractivity contribution in [2.45, 2.75) is 0 Å². The summed E-state index contributed by atoms with van der Waals surface area (Å²) in [6.07, 6.45) is -2.16. The largest absolute Gasteiger partial charge is 0.194 e. The van der Waals surface area contributed by atoms with E-state index < -0.39 is 6.15 Å². The molecular formula is C72H52B-. The smallest absolute Gasteiger partial charge is 0.108 e. The molecule has 0 heterocycles. The van der Waals surface area contributed by atoms with Gasteiger partial charge in [0.1, 0.15) is 6.15 Å². The van der Waals surface area contributed by atoms with Gasteiger partial charge in [0.05, 0.1) is 0 Å². The second kappa shape index (κ2) is 20.2. The molecule has 0 aliphatic heterocycles. The minimum Gasteiger partial charge on any atom is -0.194 e. The van der Waals surface area contributed by atoms with Crippen LogP contribution in [0.4, 0.5) is 0 Å². The fraction of sp³-hybridized carbons (Fsp3) is 0. The highest BCUT2D eigenvalue weighted by atomic mass is 14.2. The van der Waals surface area contributed by atoms with Crippen LogP contribution in [0.25, 0.3) is 89.0 Å². The molecule has 12 aromatic rings. The molecule has 73 heavy (non-hydrogen) atoms. The van der Waals surface area contributed by atoms with Crippen LogP contribution in [-0.2, 0) is 0 Å². The zero-order chi connectivity index (χ0) is 48.8. The summed E-state index contributed by atoms with van der Waals surface area (Å²) in [6, 6.07) is 117. The predicted molar refractivity (Wildman–Crippen MR) is 314 cm³/mol. The highest BCUT2D eigenvalue weighted by Gasteiger charge is 2.35. The van der Waals surface area contributed by atoms with E-state index in [0.717, 1.165) is 44.5 Å². The standard InChI is InChI=1S/C72H52B/c1-9-25-53(26-10-1)61-41-62(54-27-11-2-12-28-54)46-69(45-61)73(70-47-63(55-29-13-3-14-30-55)42-64(48-70)56-31-15-4-16-32-56,71-49-65(57-33-17-5-18-34-57)43-66(50-71)58-35-19-6-20-36-58)72-51-67(59-37-21-7-22-38-59)44-68(52-72)60-39-23-8-24-40-60/h1-52H/q-1. The Morgan fingerprint density at radius 3 is 0.370 bits per heavy atom. The summed E-state index contributed by atoms with van der Waals surface area (Å²) in [5, 5.41) is 0. The van der Waals surface area contributed by atoms with E-state index in [9.17, 15) is 0 Å². The van der Waals surface area contributed by atoms with Crippen LogP contribution in [0, 0.1) is 0 Å². The first kappa shape index (κ1) is 44.9. The van der Waals surface area contributed by atoms with E-state index in [2.05, 4.69) is 315 Å². The van der Waals surface area contributed by atoms with Gasteiger partial charge in [0.15, 0.2) is 0 Å². The van der Waals surface area contributed by atoms with Gasteiger partial charge in [0.25, 0.3) is 0 Å². The van der Waals surface area contributed by atoms with E-state index in [4.69, 9.17) is 0 Å². The van der Waals surface area contributed by atoms with Gasteiger partial charge in [-0.05, 0) is 113 Å². The van der Waals surface area contributed by atoms with Crippen molar-refractivity contribution in [1.82, 2.24) is 0 Å². The van der Waals surface area contributed by atoms with Crippen molar-refractivity contribution in [3.63, 3.8) is 0 Å². The second-order valence-electron chi connectivity index (χ2n) is 19.2. The minimum atomic E-state index is -2.16. The van der Waals surface area contributed by atoms with Crippen molar-refractivity contribution in [2.75, 3.05) is 0 Å². The molecule has 0 aliphatic rings. The first-order chi connectivity index (χ1) is 36.2. The highest BCUT2D eigenvalue weighted by molar-refractivity contribution is 7.20. The molecule has 0 bridgehead atoms. The molecular weight excluding hydrogens is 876 g/mol. The van der Waals surface area contributed by atoms with Gasteiger partial charge in [-0.1, -0.05) is 291 Å². The van der Waals surface area contributed by atoms with Crippen molar-refractivity contribution in [2.24, 2.45) is 0 Å². The van der Waals surface area contributed by atoms with E-state index in [-0.39, 0.29) is 0 Å². The van der Waals surface area contributed by atoms with Crippen molar-refractivity contribution < 1.29 is 0 Å². The van der Waals surface area contributed by atoms with Gasteiger partial charge in [-0.15, -0.1) is 0 Å². The van der Waals surface area contributed by atoms with Gasteiger partial charge in [-0.2, -0.15) is 21.9 Å². The molecule has 0 radical (unpaired) electrons. The molecule has 344 valence electrons. The SMILES string of the molecule is c1ccc(-c2cc(-c3ccccc3)cc([B-](c3cc(-c4ccccc4)cc(-c4ccccc4)c3)(c3cc(-c4ccccc4)cc(-c4ccccc4)c3)c3cc(-c4ccccc4)cc(-c4ccccc4)c3)c2)cc1. The van der Waals surface area contributed by atoms with Crippen molar-refractivity contribution >= 4 is 28.0 Å². The third-order valence-corrected chi connectivity index (χ3v) is 14.7. The topological polar surface area (TPSA) is 0 Å². The average Bonchev–Trinajstić information content (AvgIpc) is 3.49. The Hall–Kier alpha value is -9.30. The molecule has 0 nitrogen and oxygen atoms in total. The van der Waals surface area contributed by atoms with Crippen LogP contribution in [0.5, 0.6) is 0 Å². The van der Waals surface area contributed by atoms with Crippen LogP contribution in [0.15, 0.2) is 315 Å². The van der Waals surface area contributed by atoms with E-state index in [1.54, 1.807) is 0 Å². The van der Waals surface area contributed by atoms with Crippen LogP contribution in [-0.4, -0.2) is 6.15 Å². The zero-order valence-electron chi connectivity index (χ0n) is 40.6. The Morgan fingerprint density at radius 2 is 0.247 bits per heavy atom. The monoisotopic (exact) mass is 927 g/mol. The molecule has 0 unspecified atom stereocenters. The second-order valence-corrected chi connectivity index (χ2v) is 19.2. The van der Waals surface area contributed by atoms with Crippen LogP contribution in [0.3, 0.4) is 0 Å². The van der Waals surface area contributed by atoms with Gasteiger partial charge in [-0.25, -0.2) is 0 Å². The summed E-state index contributed by atoms with van der Waals surface area (Å²) in [4.78, 5) is 0. The molecule has 0 aromatic heterocycles. The molecule has 0 aliphatic carbocycles. The normalized spacial score (nSPS) is 11.3. The third-order valence-electron chi connectivity index (χ3n) is 14.7. The van der Waals surface area contributed by atoms with E-state index in [1.807, 2.05) is 0 Å². The summed E-state index contributed by atoms with van der Waals surface area (Å²) in [5.41, 5.74) is 23.5. The summed E-state index contributed by atoms with van der Waals surface area (Å²) < 4.78 is 0. The predicted octanol–water partition coefficient (Wildman–Crippen LogP) is 16.4. The molecule has 0 spiro atoms. The van der Waals surface area contributed by atoms with Crippen molar-refractivity contribution in [3.05, 3.63) is 315 Å². The zero-order valence-corrected chi connectivity index (χ0v) is 40.6. The maximum absolute atomic E-state index is 2.51. The molecule has 0 fully saturated rings. The summed E-state index contributed by atoms with van der Waals surface area (Å²) in [6.45, 7) is 0. The van der Waals surface area contributed by atoms with Crippen LogP contribution in [0.1, 0.15) is 0 Å². The average molecular weight is 928 g/mol. The fourth-order valence-corrected chi connectivity index (χ4v) is 11.1. The molecule has 0 N–H and O–H groups in total. The van der Waals surface area contributed by atoms with Crippen LogP contribution >= 0.6 is 0 Å². The first-order valence-electron chi connectivity index (χ1n) is 25.4. The maximum atomic E-state index is 2.51. The molecule has 0 atom stereocenters. The quantitative estimate of drug-likeness (QED) is 0.107. The summed E-state index contributed by atoms with van der Waals surface area (Å²) in [7, 11) is 0. The third kappa shape index (κ3) is 9.17. The first-order valence-corrected chi connectivity index (χ1v) is 25.4. The Labute approximate surface area is 430 Å². The van der Waals surface area contributed by atoms with Gasteiger partial charge in [0, 0.05) is 0 Å². The maximum Gasteiger partial charge on any atom is 0.108 e. The Bertz CT molecular complexity index is 3040. The van der Waals surface area contributed by atoms with Gasteiger partial charge < -0.3 is 0 Å². The van der Waals surface area contributed by atoms with Crippen molar-refractivity contribution in [1.29, 1.82) is 0 Å². The Morgan fingerprint density at radius 1 is 0.123 bits per heavy atom. The van der Waals surface area contributed by atoms with E-state index in [1.165, 1.54) is 66.4 Å². The number of hydrogen-bond acceptors (Lipinski definition) is 0. The highest BCUT2D eigenvalue weighted by Crippen LogP contribution is 2.34. The molecule has 0 saturated carbocycles. The van der Waals surface area contributed by atoms with E-state index in [0.29, 0.717) is 0 Å². The molecule has 12 aromatic carbocycles. The Balaban J connectivity index is 1.32. The number of benzene rings is 12. The summed E-state index contributed by atoms with van der Waals surface area (Å²) in [5.74, 6) is 0. The summed E-state index contributed by atoms with van der Waals surface area (Å²) >= 11 is 0. The lowest BCUT2D eigenvalue weighted by atomic mass is 9.12. The molecule has 0 saturated heterocycles. The van der Waals surface area contributed by atoms with E-state index >= 15 is 0 Å². The fourth-order valence-electron chi connectivity index (χ4n) is 11.1. The van der Waals surface area contributed by atoms with Crippen LogP contribution in [0.2, 0.25) is 0 Å². The lowest BCUT2D eigenvalue weighted by Gasteiger charge is -2.46. The Kier molecular flexibility index (Phi) is 12.4. The molecule has 1 heteroatoms. The molecule has 12 rings (SSSR count). The van der Waals surface area contributed by atoms with Crippen molar-refractivity contribution in [3.8, 4) is 89.0 Å². The number of hydrogen-bond donors (Lipinski definition) is 0. The van der Waals surface area contributed by atoms with Gasteiger partial charge >= 0.3 is 0 Å².